The lowest BCUT2D eigenvalue weighted by Crippen LogP contribution is -2.42. The average molecular weight is 540 g/mol. The van der Waals surface area contributed by atoms with Crippen molar-refractivity contribution in [1.82, 2.24) is 9.88 Å². The van der Waals surface area contributed by atoms with Gasteiger partial charge in [-0.2, -0.15) is 5.26 Å². The maximum absolute atomic E-state index is 13.6. The van der Waals surface area contributed by atoms with E-state index in [1.165, 1.54) is 21.3 Å². The van der Waals surface area contributed by atoms with Gasteiger partial charge < -0.3 is 35.3 Å². The number of pyridine rings is 1. The zero-order valence-corrected chi connectivity index (χ0v) is 22.4. The van der Waals surface area contributed by atoms with Crippen LogP contribution < -0.4 is 25.7 Å². The van der Waals surface area contributed by atoms with Crippen molar-refractivity contribution < 1.29 is 28.5 Å². The predicted octanol–water partition coefficient (Wildman–Crippen LogP) is 3.44. The first-order valence-corrected chi connectivity index (χ1v) is 12.8. The number of hydrogen-bond donors (Lipinski definition) is 2. The Bertz CT molecular complexity index is 1420. The molecule has 1 aromatic carbocycles. The molecule has 1 fully saturated rings. The molecule has 4 N–H and O–H groups in total. The Labute approximate surface area is 223 Å². The van der Waals surface area contributed by atoms with Gasteiger partial charge in [0.25, 0.3) is 5.91 Å². The molecule has 1 unspecified atom stereocenters. The minimum absolute atomic E-state index is 0.00403. The third kappa shape index (κ3) is 4.61. The van der Waals surface area contributed by atoms with Gasteiger partial charge in [0.2, 0.25) is 5.75 Å². The molecule has 1 amide bonds. The Morgan fingerprint density at radius 2 is 1.87 bits per heavy atom. The van der Waals surface area contributed by atoms with Crippen LogP contribution in [0.2, 0.25) is 0 Å². The van der Waals surface area contributed by atoms with Gasteiger partial charge in [0.15, 0.2) is 11.5 Å². The summed E-state index contributed by atoms with van der Waals surface area (Å²) in [4.78, 5) is 32.6. The molecule has 0 spiro atoms. The highest BCUT2D eigenvalue weighted by Crippen LogP contribution is 2.47. The van der Waals surface area contributed by atoms with Crippen molar-refractivity contribution in [1.29, 1.82) is 5.26 Å². The number of hydrogen-bond acceptors (Lipinski definition) is 11. The van der Waals surface area contributed by atoms with E-state index < -0.39 is 5.92 Å². The molecule has 0 saturated carbocycles. The number of thiophene rings is 1. The van der Waals surface area contributed by atoms with Gasteiger partial charge >= 0.3 is 5.97 Å². The summed E-state index contributed by atoms with van der Waals surface area (Å²) >= 11 is 1.10. The predicted molar refractivity (Wildman–Crippen MR) is 144 cm³/mol. The Balaban J connectivity index is 1.87. The number of ether oxygens (including phenoxy) is 4. The zero-order valence-electron chi connectivity index (χ0n) is 21.6. The Hall–Kier alpha value is -4.24. The molecular weight excluding hydrogens is 510 g/mol. The number of esters is 1. The number of carbonyl (C=O) groups is 2. The van der Waals surface area contributed by atoms with E-state index in [9.17, 15) is 14.9 Å². The van der Waals surface area contributed by atoms with Crippen LogP contribution in [0.15, 0.2) is 12.1 Å². The fraction of sp³-hybridized carbons (Fsp3) is 0.385. The van der Waals surface area contributed by atoms with Crippen LogP contribution in [0.5, 0.6) is 17.2 Å². The van der Waals surface area contributed by atoms with Gasteiger partial charge in [-0.05, 0) is 37.5 Å². The number of nitrogens with zero attached hydrogens (tertiary/aromatic N) is 3. The van der Waals surface area contributed by atoms with Crippen molar-refractivity contribution in [2.45, 2.75) is 19.8 Å². The monoisotopic (exact) mass is 539 g/mol. The van der Waals surface area contributed by atoms with E-state index >= 15 is 0 Å². The van der Waals surface area contributed by atoms with E-state index in [0.29, 0.717) is 58.0 Å². The second-order valence-corrected chi connectivity index (χ2v) is 9.64. The summed E-state index contributed by atoms with van der Waals surface area (Å²) in [7, 11) is 4.46. The first-order chi connectivity index (χ1) is 18.3. The van der Waals surface area contributed by atoms with Gasteiger partial charge in [0.05, 0.1) is 39.5 Å². The van der Waals surface area contributed by atoms with E-state index in [-0.39, 0.29) is 47.0 Å². The van der Waals surface area contributed by atoms with Crippen molar-refractivity contribution in [3.63, 3.8) is 0 Å². The van der Waals surface area contributed by atoms with E-state index in [1.807, 2.05) is 0 Å². The van der Waals surface area contributed by atoms with Crippen LogP contribution in [-0.4, -0.2) is 62.8 Å². The van der Waals surface area contributed by atoms with Crippen LogP contribution in [0.1, 0.15) is 35.0 Å². The Morgan fingerprint density at radius 3 is 2.45 bits per heavy atom. The summed E-state index contributed by atoms with van der Waals surface area (Å²) in [6.45, 7) is 2.76. The first kappa shape index (κ1) is 26.8. The maximum atomic E-state index is 13.6. The van der Waals surface area contributed by atoms with Crippen LogP contribution in [0.25, 0.3) is 21.3 Å². The van der Waals surface area contributed by atoms with Crippen LogP contribution in [0, 0.1) is 17.2 Å². The van der Waals surface area contributed by atoms with Crippen molar-refractivity contribution >= 4 is 44.9 Å². The van der Waals surface area contributed by atoms with Crippen LogP contribution >= 0.6 is 11.3 Å². The molecule has 1 saturated heterocycles. The number of benzene rings is 1. The lowest BCUT2D eigenvalue weighted by Gasteiger charge is -2.31. The molecule has 3 heterocycles. The van der Waals surface area contributed by atoms with Crippen molar-refractivity contribution in [2.24, 2.45) is 5.92 Å². The number of fused-ring (bicyclic) bond motifs is 1. The lowest BCUT2D eigenvalue weighted by atomic mass is 9.96. The third-order valence-corrected chi connectivity index (χ3v) is 7.58. The maximum Gasteiger partial charge on any atom is 0.310 e. The number of piperidine rings is 1. The Kier molecular flexibility index (Phi) is 7.78. The quantitative estimate of drug-likeness (QED) is 0.425. The van der Waals surface area contributed by atoms with Crippen LogP contribution in [0.3, 0.4) is 0 Å². The van der Waals surface area contributed by atoms with Crippen LogP contribution in [-0.2, 0) is 9.53 Å². The van der Waals surface area contributed by atoms with Crippen molar-refractivity contribution in [3.05, 3.63) is 22.6 Å². The number of rotatable bonds is 7. The summed E-state index contributed by atoms with van der Waals surface area (Å²) in [6, 6.07) is 5.49. The molecule has 1 atom stereocenters. The number of anilines is 2. The second-order valence-electron chi connectivity index (χ2n) is 8.64. The van der Waals surface area contributed by atoms with Crippen LogP contribution in [0.4, 0.5) is 11.5 Å². The number of nitrogen functional groups attached to an aromatic ring is 2. The molecule has 0 aliphatic carbocycles. The fourth-order valence-corrected chi connectivity index (χ4v) is 5.79. The molecule has 4 rings (SSSR count). The number of amides is 1. The number of nitrogens with two attached hydrogens (primary N) is 2. The summed E-state index contributed by atoms with van der Waals surface area (Å²) in [5.74, 6) is 0.113. The molecule has 0 radical (unpaired) electrons. The standard InChI is InChI=1S/C26H29N5O6S/c1-5-37-26(33)13-7-6-8-31(12-13)25(32)22-20(28)19-18(15(11-27)23(29)30-24(19)38-22)14-9-16(34-2)21(36-4)17(10-14)35-3/h9-10,13H,5-8,12,28H2,1-4H3,(H2,29,30). The molecule has 200 valence electrons. The fourth-order valence-electron chi connectivity index (χ4n) is 4.71. The normalized spacial score (nSPS) is 15.1. The molecule has 3 aromatic rings. The minimum atomic E-state index is -0.392. The van der Waals surface area contributed by atoms with Crippen molar-refractivity contribution in [3.8, 4) is 34.4 Å². The van der Waals surface area contributed by atoms with E-state index in [2.05, 4.69) is 11.1 Å². The SMILES string of the molecule is CCOC(=O)C1CCCN(C(=O)c2sc3nc(N)c(C#N)c(-c4cc(OC)c(OC)c(OC)c4)c3c2N)C1. The van der Waals surface area contributed by atoms with Gasteiger partial charge in [0.1, 0.15) is 27.2 Å². The largest absolute Gasteiger partial charge is 0.493 e. The van der Waals surface area contributed by atoms with E-state index in [4.69, 9.17) is 30.4 Å². The van der Waals surface area contributed by atoms with Gasteiger partial charge in [-0.3, -0.25) is 9.59 Å². The highest BCUT2D eigenvalue weighted by molar-refractivity contribution is 7.21. The number of aromatic nitrogens is 1. The molecule has 0 bridgehead atoms. The highest BCUT2D eigenvalue weighted by Gasteiger charge is 2.33. The van der Waals surface area contributed by atoms with E-state index in [0.717, 1.165) is 11.3 Å². The number of nitriles is 1. The zero-order chi connectivity index (χ0) is 27.6. The topological polar surface area (TPSA) is 163 Å². The number of likely N-dealkylation sites (tertiary alicyclic amines) is 1. The first-order valence-electron chi connectivity index (χ1n) is 12.0. The summed E-state index contributed by atoms with van der Waals surface area (Å²) in [5.41, 5.74) is 14.0. The highest BCUT2D eigenvalue weighted by atomic mass is 32.1. The third-order valence-electron chi connectivity index (χ3n) is 6.49. The Morgan fingerprint density at radius 1 is 1.18 bits per heavy atom. The summed E-state index contributed by atoms with van der Waals surface area (Å²) < 4.78 is 21.6. The van der Waals surface area contributed by atoms with Gasteiger partial charge in [-0.1, -0.05) is 0 Å². The summed E-state index contributed by atoms with van der Waals surface area (Å²) in [6.07, 6.45) is 1.32. The molecule has 1 aliphatic rings. The molecule has 1 aliphatic heterocycles. The van der Waals surface area contributed by atoms with Gasteiger partial charge in [-0.15, -0.1) is 11.3 Å². The lowest BCUT2D eigenvalue weighted by molar-refractivity contribution is -0.149. The smallest absolute Gasteiger partial charge is 0.310 e. The van der Waals surface area contributed by atoms with Crippen molar-refractivity contribution in [2.75, 3.05) is 52.5 Å². The number of carbonyl (C=O) groups excluding carboxylic acids is 2. The molecule has 38 heavy (non-hydrogen) atoms. The minimum Gasteiger partial charge on any atom is -0.493 e. The molecule has 11 nitrogen and oxygen atoms in total. The van der Waals surface area contributed by atoms with E-state index in [1.54, 1.807) is 24.0 Å². The van der Waals surface area contributed by atoms with Gasteiger partial charge in [-0.25, -0.2) is 4.98 Å². The summed E-state index contributed by atoms with van der Waals surface area (Å²) in [5, 5.41) is 10.4. The van der Waals surface area contributed by atoms with Gasteiger partial charge in [0, 0.05) is 24.0 Å². The molecular formula is C26H29N5O6S. The molecule has 2 aromatic heterocycles. The molecule has 12 heteroatoms. The average Bonchev–Trinajstić information content (AvgIpc) is 3.26. The second kappa shape index (κ2) is 11.0. The number of methoxy groups -OCH3 is 3.